The number of hydrogen-bond acceptors (Lipinski definition) is 4. The Morgan fingerprint density at radius 1 is 0.705 bits per heavy atom. The van der Waals surface area contributed by atoms with Gasteiger partial charge in [-0.15, -0.1) is 35.8 Å². The monoisotopic (exact) mass is 694 g/mol. The van der Waals surface area contributed by atoms with Crippen LogP contribution in [0.15, 0.2) is 83.1 Å². The van der Waals surface area contributed by atoms with Crippen LogP contribution in [0.5, 0.6) is 0 Å². The largest absolute Gasteiger partial charge is 0.306 e. The third kappa shape index (κ3) is 8.82. The van der Waals surface area contributed by atoms with Crippen LogP contribution in [0.3, 0.4) is 0 Å². The van der Waals surface area contributed by atoms with Crippen molar-refractivity contribution in [2.24, 2.45) is 0 Å². The van der Waals surface area contributed by atoms with Crippen molar-refractivity contribution in [3.8, 4) is 0 Å². The van der Waals surface area contributed by atoms with E-state index >= 15 is 0 Å². The highest BCUT2D eigenvalue weighted by Crippen LogP contribution is 2.48. The van der Waals surface area contributed by atoms with Gasteiger partial charge < -0.3 is 9.80 Å². The van der Waals surface area contributed by atoms with Gasteiger partial charge in [-0.25, -0.2) is 0 Å². The molecular weight excluding hydrogens is 648 g/mol. The summed E-state index contributed by atoms with van der Waals surface area (Å²) in [6.07, 6.45) is 21.6. The zero-order valence-corrected chi connectivity index (χ0v) is 29.3. The summed E-state index contributed by atoms with van der Waals surface area (Å²) >= 11 is 6.73. The molecular formula is C37H47BrN2O2S2. The minimum Gasteiger partial charge on any atom is -0.306 e. The molecule has 0 spiro atoms. The third-order valence-electron chi connectivity index (χ3n) is 8.29. The molecule has 0 bridgehead atoms. The summed E-state index contributed by atoms with van der Waals surface area (Å²) in [7, 11) is 0. The normalized spacial score (nSPS) is 15.2. The van der Waals surface area contributed by atoms with Gasteiger partial charge in [0.15, 0.2) is 0 Å². The van der Waals surface area contributed by atoms with Crippen LogP contribution in [0.25, 0.3) is 11.4 Å². The molecule has 7 heteroatoms. The van der Waals surface area contributed by atoms with Gasteiger partial charge in [0.25, 0.3) is 11.8 Å². The van der Waals surface area contributed by atoms with Crippen molar-refractivity contribution in [2.45, 2.75) is 89.9 Å². The Balaban J connectivity index is 1.44. The second kappa shape index (κ2) is 18.5. The van der Waals surface area contributed by atoms with Crippen LogP contribution in [0.2, 0.25) is 0 Å². The molecule has 236 valence electrons. The van der Waals surface area contributed by atoms with Crippen molar-refractivity contribution in [3.05, 3.63) is 92.9 Å². The van der Waals surface area contributed by atoms with E-state index in [2.05, 4.69) is 35.2 Å². The first-order valence-electron chi connectivity index (χ1n) is 16.3. The lowest BCUT2D eigenvalue weighted by Gasteiger charge is -2.24. The average molecular weight is 696 g/mol. The van der Waals surface area contributed by atoms with E-state index in [-0.39, 0.29) is 11.8 Å². The Morgan fingerprint density at radius 3 is 1.73 bits per heavy atom. The number of halogens is 1. The second-order valence-electron chi connectivity index (χ2n) is 11.5. The van der Waals surface area contributed by atoms with Gasteiger partial charge in [-0.2, -0.15) is 0 Å². The topological polar surface area (TPSA) is 40.6 Å². The quantitative estimate of drug-likeness (QED) is 0.0699. The Kier molecular flexibility index (Phi) is 14.4. The Hall–Kier alpha value is -2.48. The van der Waals surface area contributed by atoms with Gasteiger partial charge in [0, 0.05) is 18.4 Å². The molecule has 2 amide bonds. The van der Waals surface area contributed by atoms with E-state index in [0.29, 0.717) is 24.2 Å². The fraction of sp³-hybridized carbons (Fsp3) is 0.459. The maximum atomic E-state index is 14.2. The number of carbonyl (C=O) groups excluding carboxylic acids is 2. The summed E-state index contributed by atoms with van der Waals surface area (Å²) in [6.45, 7) is 9.02. The fourth-order valence-electron chi connectivity index (χ4n) is 6.07. The number of carbonyl (C=O) groups is 2. The second-order valence-corrected chi connectivity index (χ2v) is 14.2. The maximum absolute atomic E-state index is 14.2. The molecule has 2 aliphatic heterocycles. The van der Waals surface area contributed by atoms with Gasteiger partial charge in [-0.1, -0.05) is 77.5 Å². The average Bonchev–Trinajstić information content (AvgIpc) is 3.83. The molecule has 2 aromatic heterocycles. The van der Waals surface area contributed by atoms with Crippen LogP contribution in [0, 0.1) is 0 Å². The molecule has 0 atom stereocenters. The van der Waals surface area contributed by atoms with E-state index in [1.54, 1.807) is 22.7 Å². The van der Waals surface area contributed by atoms with Crippen LogP contribution >= 0.6 is 38.6 Å². The first-order valence-corrected chi connectivity index (χ1v) is 19.2. The van der Waals surface area contributed by atoms with Gasteiger partial charge in [0.1, 0.15) is 0 Å². The van der Waals surface area contributed by atoms with Crippen molar-refractivity contribution >= 4 is 61.8 Å². The highest BCUT2D eigenvalue weighted by Gasteiger charge is 2.48. The summed E-state index contributed by atoms with van der Waals surface area (Å²) in [5.74, 6) is -0.0406. The maximum Gasteiger partial charge on any atom is 0.261 e. The lowest BCUT2D eigenvalue weighted by molar-refractivity contribution is -0.124. The number of rotatable bonds is 22. The minimum atomic E-state index is -0.0213. The van der Waals surface area contributed by atoms with E-state index in [9.17, 15) is 9.59 Å². The van der Waals surface area contributed by atoms with Crippen LogP contribution in [0.4, 0.5) is 0 Å². The molecule has 0 aromatic carbocycles. The minimum absolute atomic E-state index is 0.0193. The summed E-state index contributed by atoms with van der Waals surface area (Å²) in [5, 5.41) is 5.12. The van der Waals surface area contributed by atoms with Crippen LogP contribution in [-0.4, -0.2) is 40.0 Å². The number of nitrogens with zero attached hydrogens (tertiary/aromatic N) is 2. The number of amides is 2. The smallest absolute Gasteiger partial charge is 0.261 e. The summed E-state index contributed by atoms with van der Waals surface area (Å²) in [5.41, 5.74) is 4.34. The van der Waals surface area contributed by atoms with Crippen molar-refractivity contribution in [1.82, 2.24) is 9.80 Å². The molecule has 4 heterocycles. The Bertz CT molecular complexity index is 1340. The number of allylic oxidation sites excluding steroid dienone is 4. The van der Waals surface area contributed by atoms with Crippen molar-refractivity contribution in [3.63, 3.8) is 0 Å². The van der Waals surface area contributed by atoms with Crippen LogP contribution < -0.4 is 0 Å². The Morgan fingerprint density at radius 2 is 1.25 bits per heavy atom. The van der Waals surface area contributed by atoms with Crippen molar-refractivity contribution in [2.75, 3.05) is 18.4 Å². The highest BCUT2D eigenvalue weighted by molar-refractivity contribution is 9.09. The predicted molar refractivity (Wildman–Crippen MR) is 193 cm³/mol. The number of alkyl halides is 1. The number of thiophene rings is 2. The molecule has 2 aliphatic rings. The van der Waals surface area contributed by atoms with E-state index < -0.39 is 0 Å². The third-order valence-corrected chi connectivity index (χ3v) is 10.6. The highest BCUT2D eigenvalue weighted by atomic mass is 79.9. The van der Waals surface area contributed by atoms with Gasteiger partial charge in [-0.05, 0) is 87.1 Å². The molecule has 0 saturated heterocycles. The molecule has 0 radical (unpaired) electrons. The molecule has 0 fully saturated rings. The van der Waals surface area contributed by atoms with Crippen molar-refractivity contribution in [1.29, 1.82) is 0 Å². The summed E-state index contributed by atoms with van der Waals surface area (Å²) < 4.78 is 0. The van der Waals surface area contributed by atoms with E-state index in [4.69, 9.17) is 0 Å². The van der Waals surface area contributed by atoms with E-state index in [0.717, 1.165) is 104 Å². The number of unbranched alkanes of at least 4 members (excludes halogenated alkanes) is 9. The lowest BCUT2D eigenvalue weighted by atomic mass is 10.0. The standard InChI is InChI=1S/C37H47BrN2O2S2/c1-3-5-6-7-10-15-25-39-34(30-22-17-27-43-30)32-33(36(39)41)35(31-23-18-28-44-31)40(37(32)42)26-16-11-8-9-12-20-29(19-4-2)21-13-14-24-38/h3-4,17-18,20,22-23,27-28H,1-2,5-16,19,21,24-26H2. The van der Waals surface area contributed by atoms with Crippen LogP contribution in [-0.2, 0) is 9.59 Å². The lowest BCUT2D eigenvalue weighted by Crippen LogP contribution is -2.30. The molecule has 0 unspecified atom stereocenters. The first kappa shape index (κ1) is 34.4. The van der Waals surface area contributed by atoms with Crippen molar-refractivity contribution < 1.29 is 9.59 Å². The molecule has 0 aliphatic carbocycles. The molecule has 4 nitrogen and oxygen atoms in total. The zero-order chi connectivity index (χ0) is 31.1. The molecule has 0 saturated carbocycles. The van der Waals surface area contributed by atoms with Gasteiger partial charge >= 0.3 is 0 Å². The number of hydrogen-bond donors (Lipinski definition) is 0. The molecule has 4 rings (SSSR count). The fourth-order valence-corrected chi connectivity index (χ4v) is 8.03. The number of fused-ring (bicyclic) bond motifs is 1. The predicted octanol–water partition coefficient (Wildman–Crippen LogP) is 10.8. The SMILES string of the molecule is C=CCCCCCCN1C(=O)C2=C(c3cccs3)N(CCCCCCC=C(CC=C)CCCCBr)C(=O)C2=C1c1cccs1. The van der Waals surface area contributed by atoms with E-state index in [1.807, 2.05) is 57.0 Å². The Labute approximate surface area is 281 Å². The van der Waals surface area contributed by atoms with Gasteiger partial charge in [0.2, 0.25) is 0 Å². The molecule has 44 heavy (non-hydrogen) atoms. The first-order chi connectivity index (χ1) is 21.6. The van der Waals surface area contributed by atoms with E-state index in [1.165, 1.54) is 18.4 Å². The zero-order valence-electron chi connectivity index (χ0n) is 26.0. The molecule has 2 aromatic rings. The summed E-state index contributed by atoms with van der Waals surface area (Å²) in [6, 6.07) is 8.09. The molecule has 0 N–H and O–H groups in total. The van der Waals surface area contributed by atoms with Gasteiger partial charge in [0.05, 0.1) is 32.3 Å². The van der Waals surface area contributed by atoms with Gasteiger partial charge in [-0.3, -0.25) is 9.59 Å². The van der Waals surface area contributed by atoms with Crippen LogP contribution in [0.1, 0.15) is 99.6 Å². The summed E-state index contributed by atoms with van der Waals surface area (Å²) in [4.78, 5) is 34.1.